The van der Waals surface area contributed by atoms with Gasteiger partial charge in [0.25, 0.3) is 0 Å². The molecule has 0 bridgehead atoms. The Labute approximate surface area is 214 Å². The molecule has 1 aromatic heterocycles. The van der Waals surface area contributed by atoms with E-state index in [4.69, 9.17) is 9.26 Å². The highest BCUT2D eigenvalue weighted by atomic mass is 127. The third-order valence-corrected chi connectivity index (χ3v) is 6.14. The van der Waals surface area contributed by atoms with Crippen LogP contribution in [0.4, 0.5) is 0 Å². The van der Waals surface area contributed by atoms with Crippen LogP contribution in [0.5, 0.6) is 0 Å². The van der Waals surface area contributed by atoms with Crippen LogP contribution in [-0.4, -0.2) is 84.3 Å². The molecule has 1 aromatic carbocycles. The van der Waals surface area contributed by atoms with Crippen molar-refractivity contribution < 1.29 is 9.26 Å². The highest BCUT2D eigenvalue weighted by Crippen LogP contribution is 2.15. The molecule has 2 saturated heterocycles. The maximum atomic E-state index is 5.84. The first-order valence-corrected chi connectivity index (χ1v) is 11.6. The van der Waals surface area contributed by atoms with Crippen LogP contribution in [0.15, 0.2) is 46.1 Å². The van der Waals surface area contributed by atoms with Crippen molar-refractivity contribution in [3.8, 4) is 0 Å². The van der Waals surface area contributed by atoms with Crippen molar-refractivity contribution >= 4 is 29.9 Å². The van der Waals surface area contributed by atoms with Gasteiger partial charge in [-0.3, -0.25) is 14.8 Å². The molecule has 2 aliphatic rings. The van der Waals surface area contributed by atoms with Crippen molar-refractivity contribution in [2.45, 2.75) is 45.7 Å². The second-order valence-electron chi connectivity index (χ2n) is 8.92. The van der Waals surface area contributed by atoms with E-state index in [0.717, 1.165) is 70.6 Å². The number of ether oxygens (including phenoxy) is 1. The van der Waals surface area contributed by atoms with Crippen LogP contribution in [0.2, 0.25) is 0 Å². The van der Waals surface area contributed by atoms with Crippen molar-refractivity contribution in [2.75, 3.05) is 46.3 Å². The Kier molecular flexibility index (Phi) is 9.96. The van der Waals surface area contributed by atoms with E-state index in [1.54, 1.807) is 6.26 Å². The lowest BCUT2D eigenvalue weighted by molar-refractivity contribution is -0.0704. The molecule has 2 aromatic rings. The second kappa shape index (κ2) is 12.7. The predicted octanol–water partition coefficient (Wildman–Crippen LogP) is 2.80. The number of benzene rings is 1. The molecule has 0 saturated carbocycles. The number of hydrogen-bond donors (Lipinski definition) is 1. The molecule has 4 rings (SSSR count). The summed E-state index contributed by atoms with van der Waals surface area (Å²) < 4.78 is 10.8. The van der Waals surface area contributed by atoms with Crippen LogP contribution in [0, 0.1) is 0 Å². The molecule has 9 heteroatoms. The largest absolute Gasteiger partial charge is 0.373 e. The Balaban J connectivity index is 0.00000306. The average Bonchev–Trinajstić information content (AvgIpc) is 3.29. The summed E-state index contributed by atoms with van der Waals surface area (Å²) in [6.45, 7) is 12.8. The van der Waals surface area contributed by atoms with Gasteiger partial charge in [-0.15, -0.1) is 24.0 Å². The third kappa shape index (κ3) is 7.66. The number of nitrogens with one attached hydrogen (secondary N) is 1. The average molecular weight is 569 g/mol. The van der Waals surface area contributed by atoms with Gasteiger partial charge in [0, 0.05) is 72.0 Å². The number of morpholine rings is 1. The van der Waals surface area contributed by atoms with Gasteiger partial charge in [0.1, 0.15) is 6.26 Å². The van der Waals surface area contributed by atoms with Crippen LogP contribution < -0.4 is 5.32 Å². The van der Waals surface area contributed by atoms with Gasteiger partial charge in [0.15, 0.2) is 5.96 Å². The van der Waals surface area contributed by atoms with Crippen LogP contribution in [0.3, 0.4) is 0 Å². The number of guanidine groups is 1. The fraction of sp³-hybridized carbons (Fsp3) is 0.583. The fourth-order valence-corrected chi connectivity index (χ4v) is 4.61. The second-order valence-corrected chi connectivity index (χ2v) is 8.92. The summed E-state index contributed by atoms with van der Waals surface area (Å²) in [5.41, 5.74) is 3.60. The zero-order valence-electron chi connectivity index (χ0n) is 19.9. The molecule has 3 heterocycles. The van der Waals surface area contributed by atoms with E-state index in [1.807, 2.05) is 13.1 Å². The quantitative estimate of drug-likeness (QED) is 0.327. The summed E-state index contributed by atoms with van der Waals surface area (Å²) in [6, 6.07) is 10.9. The first-order chi connectivity index (χ1) is 15.6. The molecule has 182 valence electrons. The van der Waals surface area contributed by atoms with Gasteiger partial charge < -0.3 is 19.5 Å². The Bertz CT molecular complexity index is 842. The Morgan fingerprint density at radius 3 is 2.24 bits per heavy atom. The molecule has 33 heavy (non-hydrogen) atoms. The number of aliphatic imine (C=N–C) groups is 1. The molecule has 2 aliphatic heterocycles. The third-order valence-electron chi connectivity index (χ3n) is 6.14. The number of aromatic nitrogens is 1. The van der Waals surface area contributed by atoms with Gasteiger partial charge in [0.05, 0.1) is 17.9 Å². The Morgan fingerprint density at radius 2 is 1.64 bits per heavy atom. The van der Waals surface area contributed by atoms with E-state index in [1.165, 1.54) is 11.1 Å². The van der Waals surface area contributed by atoms with Crippen molar-refractivity contribution in [3.05, 3.63) is 53.4 Å². The number of halogens is 1. The number of nitrogens with zero attached hydrogens (tertiary/aromatic N) is 5. The zero-order valence-corrected chi connectivity index (χ0v) is 22.3. The molecular formula is C24H37IN6O2. The maximum Gasteiger partial charge on any atom is 0.194 e. The van der Waals surface area contributed by atoms with E-state index in [2.05, 4.69) is 68.3 Å². The minimum absolute atomic E-state index is 0. The van der Waals surface area contributed by atoms with E-state index in [-0.39, 0.29) is 24.0 Å². The Morgan fingerprint density at radius 1 is 0.970 bits per heavy atom. The van der Waals surface area contributed by atoms with Crippen molar-refractivity contribution in [2.24, 2.45) is 4.99 Å². The number of hydrogen-bond acceptors (Lipinski definition) is 6. The van der Waals surface area contributed by atoms with Gasteiger partial charge in [-0.25, -0.2) is 0 Å². The summed E-state index contributed by atoms with van der Waals surface area (Å²) in [5, 5.41) is 7.55. The molecular weight excluding hydrogens is 531 g/mol. The fourth-order valence-electron chi connectivity index (χ4n) is 4.61. The summed E-state index contributed by atoms with van der Waals surface area (Å²) in [5.74, 6) is 0.964. The number of rotatable bonds is 6. The molecule has 0 spiro atoms. The molecule has 0 radical (unpaired) electrons. The topological polar surface area (TPSA) is 69.4 Å². The van der Waals surface area contributed by atoms with Gasteiger partial charge in [0.2, 0.25) is 0 Å². The monoisotopic (exact) mass is 568 g/mol. The molecule has 0 aliphatic carbocycles. The van der Waals surface area contributed by atoms with E-state index < -0.39 is 0 Å². The van der Waals surface area contributed by atoms with Gasteiger partial charge in [-0.2, -0.15) is 0 Å². The minimum atomic E-state index is 0. The van der Waals surface area contributed by atoms with Crippen molar-refractivity contribution in [3.63, 3.8) is 0 Å². The van der Waals surface area contributed by atoms with E-state index >= 15 is 0 Å². The zero-order chi connectivity index (χ0) is 22.3. The Hall–Kier alpha value is -1.69. The lowest BCUT2D eigenvalue weighted by Crippen LogP contribution is -2.52. The predicted molar refractivity (Wildman–Crippen MR) is 141 cm³/mol. The normalized spacial score (nSPS) is 22.8. The SMILES string of the molecule is CN=C(NCc1ccc(CN2CC(C)OC(C)C2)cc1)N1CCN(Cc2ccon2)CC1.I. The van der Waals surface area contributed by atoms with Crippen LogP contribution in [0.25, 0.3) is 0 Å². The van der Waals surface area contributed by atoms with Gasteiger partial charge in [-0.05, 0) is 25.0 Å². The molecule has 1 N–H and O–H groups in total. The van der Waals surface area contributed by atoms with Crippen LogP contribution >= 0.6 is 24.0 Å². The summed E-state index contributed by atoms with van der Waals surface area (Å²) in [7, 11) is 1.86. The molecule has 0 amide bonds. The lowest BCUT2D eigenvalue weighted by atomic mass is 10.1. The summed E-state index contributed by atoms with van der Waals surface area (Å²) in [4.78, 5) is 11.7. The summed E-state index contributed by atoms with van der Waals surface area (Å²) in [6.07, 6.45) is 2.24. The van der Waals surface area contributed by atoms with E-state index in [0.29, 0.717) is 12.2 Å². The first-order valence-electron chi connectivity index (χ1n) is 11.6. The molecule has 2 fully saturated rings. The van der Waals surface area contributed by atoms with Gasteiger partial charge >= 0.3 is 0 Å². The highest BCUT2D eigenvalue weighted by Gasteiger charge is 2.22. The van der Waals surface area contributed by atoms with Crippen molar-refractivity contribution in [1.29, 1.82) is 0 Å². The molecule has 2 atom stereocenters. The molecule has 8 nitrogen and oxygen atoms in total. The van der Waals surface area contributed by atoms with E-state index in [9.17, 15) is 0 Å². The highest BCUT2D eigenvalue weighted by molar-refractivity contribution is 14.0. The lowest BCUT2D eigenvalue weighted by Gasteiger charge is -2.36. The summed E-state index contributed by atoms with van der Waals surface area (Å²) >= 11 is 0. The number of piperazine rings is 1. The van der Waals surface area contributed by atoms with Crippen LogP contribution in [0.1, 0.15) is 30.7 Å². The minimum Gasteiger partial charge on any atom is -0.373 e. The standard InChI is InChI=1S/C24H36N6O2.HI/c1-19-15-29(16-20(2)32-19)17-22-6-4-21(5-7-22)14-26-24(25-3)30-11-9-28(10-12-30)18-23-8-13-31-27-23;/h4-8,13,19-20H,9-12,14-18H2,1-3H3,(H,25,26);1H. The van der Waals surface area contributed by atoms with Gasteiger partial charge in [-0.1, -0.05) is 29.4 Å². The molecule has 2 unspecified atom stereocenters. The smallest absolute Gasteiger partial charge is 0.194 e. The van der Waals surface area contributed by atoms with Crippen LogP contribution in [-0.2, 0) is 24.4 Å². The maximum absolute atomic E-state index is 5.84. The van der Waals surface area contributed by atoms with Crippen molar-refractivity contribution in [1.82, 2.24) is 25.2 Å². The first kappa shape index (κ1) is 25.9.